The fourth-order valence-corrected chi connectivity index (χ4v) is 3.10. The van der Waals surface area contributed by atoms with E-state index in [0.29, 0.717) is 24.5 Å². The molecule has 1 saturated carbocycles. The molecular weight excluding hydrogens is 240 g/mol. The zero-order chi connectivity index (χ0) is 13.9. The summed E-state index contributed by atoms with van der Waals surface area (Å²) < 4.78 is 5.18. The summed E-state index contributed by atoms with van der Waals surface area (Å²) in [5, 5.41) is 3.37. The van der Waals surface area contributed by atoms with Crippen LogP contribution in [0.15, 0.2) is 0 Å². The molecule has 0 bridgehead atoms. The molecule has 2 aliphatic rings. The van der Waals surface area contributed by atoms with Gasteiger partial charge in [-0.15, -0.1) is 0 Å². The number of piperidine rings is 1. The molecular formula is C15H28N2O2. The molecule has 0 aromatic carbocycles. The summed E-state index contributed by atoms with van der Waals surface area (Å²) in [6.45, 7) is 7.52. The molecule has 1 saturated heterocycles. The first kappa shape index (κ1) is 14.8. The van der Waals surface area contributed by atoms with Crippen LogP contribution in [0.25, 0.3) is 0 Å². The van der Waals surface area contributed by atoms with Gasteiger partial charge in [0.15, 0.2) is 0 Å². The number of hydrogen-bond acceptors (Lipinski definition) is 3. The number of nitrogens with one attached hydrogen (secondary N) is 1. The molecule has 4 heteroatoms. The molecule has 1 aliphatic heterocycles. The van der Waals surface area contributed by atoms with Crippen molar-refractivity contribution in [1.82, 2.24) is 10.2 Å². The van der Waals surface area contributed by atoms with Crippen LogP contribution in [0.1, 0.15) is 39.5 Å². The van der Waals surface area contributed by atoms with Crippen LogP contribution in [0.2, 0.25) is 0 Å². The van der Waals surface area contributed by atoms with E-state index in [4.69, 9.17) is 4.74 Å². The number of rotatable bonds is 6. The Balaban J connectivity index is 2.04. The van der Waals surface area contributed by atoms with Crippen molar-refractivity contribution < 1.29 is 9.53 Å². The molecule has 2 rings (SSSR count). The molecule has 19 heavy (non-hydrogen) atoms. The smallest absolute Gasteiger partial charge is 0.230 e. The van der Waals surface area contributed by atoms with Gasteiger partial charge in [-0.05, 0) is 52.0 Å². The van der Waals surface area contributed by atoms with Crippen LogP contribution in [-0.4, -0.2) is 50.2 Å². The Bertz CT molecular complexity index is 309. The van der Waals surface area contributed by atoms with E-state index < -0.39 is 0 Å². The van der Waals surface area contributed by atoms with E-state index in [-0.39, 0.29) is 5.41 Å². The second kappa shape index (κ2) is 6.23. The monoisotopic (exact) mass is 268 g/mol. The van der Waals surface area contributed by atoms with Gasteiger partial charge in [-0.2, -0.15) is 0 Å². The Morgan fingerprint density at radius 1 is 1.53 bits per heavy atom. The maximum Gasteiger partial charge on any atom is 0.230 e. The highest BCUT2D eigenvalue weighted by atomic mass is 16.5. The van der Waals surface area contributed by atoms with Crippen molar-refractivity contribution in [2.24, 2.45) is 11.3 Å². The molecule has 0 aromatic heterocycles. The van der Waals surface area contributed by atoms with Crippen molar-refractivity contribution in [3.63, 3.8) is 0 Å². The summed E-state index contributed by atoms with van der Waals surface area (Å²) in [7, 11) is 1.70. The first-order valence-corrected chi connectivity index (χ1v) is 7.59. The molecule has 1 heterocycles. The fourth-order valence-electron chi connectivity index (χ4n) is 3.10. The Labute approximate surface area is 116 Å². The van der Waals surface area contributed by atoms with Gasteiger partial charge in [-0.1, -0.05) is 0 Å². The van der Waals surface area contributed by atoms with Gasteiger partial charge in [0.2, 0.25) is 5.91 Å². The molecule has 1 aliphatic carbocycles. The van der Waals surface area contributed by atoms with Crippen LogP contribution in [0.4, 0.5) is 0 Å². The predicted molar refractivity (Wildman–Crippen MR) is 76.0 cm³/mol. The minimum absolute atomic E-state index is 0.227. The Kier molecular flexibility index (Phi) is 4.85. The third-order valence-electron chi connectivity index (χ3n) is 4.71. The zero-order valence-electron chi connectivity index (χ0n) is 12.6. The van der Waals surface area contributed by atoms with Crippen molar-refractivity contribution in [2.75, 3.05) is 33.4 Å². The lowest BCUT2D eigenvalue weighted by molar-refractivity contribution is -0.145. The third-order valence-corrected chi connectivity index (χ3v) is 4.71. The summed E-state index contributed by atoms with van der Waals surface area (Å²) >= 11 is 0. The van der Waals surface area contributed by atoms with Crippen LogP contribution in [0.3, 0.4) is 0 Å². The van der Waals surface area contributed by atoms with Gasteiger partial charge in [0.05, 0.1) is 12.0 Å². The number of carbonyl (C=O) groups excluding carboxylic acids is 1. The van der Waals surface area contributed by atoms with E-state index in [1.807, 2.05) is 0 Å². The van der Waals surface area contributed by atoms with Crippen LogP contribution in [0.5, 0.6) is 0 Å². The molecule has 1 N–H and O–H groups in total. The van der Waals surface area contributed by atoms with Crippen molar-refractivity contribution in [3.8, 4) is 0 Å². The average molecular weight is 268 g/mol. The van der Waals surface area contributed by atoms with E-state index in [9.17, 15) is 4.79 Å². The number of methoxy groups -OCH3 is 1. The topological polar surface area (TPSA) is 41.6 Å². The lowest BCUT2D eigenvalue weighted by atomic mass is 9.81. The maximum atomic E-state index is 12.9. The minimum Gasteiger partial charge on any atom is -0.383 e. The number of nitrogens with zero attached hydrogens (tertiary/aromatic N) is 1. The SMILES string of the molecule is COCCN(C(=O)C1(C)CCCNC1)C(C)C1CC1. The highest BCUT2D eigenvalue weighted by molar-refractivity contribution is 5.83. The lowest BCUT2D eigenvalue weighted by Crippen LogP contribution is -2.53. The van der Waals surface area contributed by atoms with Crippen LogP contribution in [-0.2, 0) is 9.53 Å². The molecule has 2 atom stereocenters. The molecule has 4 nitrogen and oxygen atoms in total. The average Bonchev–Trinajstić information content (AvgIpc) is 3.24. The van der Waals surface area contributed by atoms with Crippen molar-refractivity contribution >= 4 is 5.91 Å². The summed E-state index contributed by atoms with van der Waals surface area (Å²) in [5.74, 6) is 1.03. The lowest BCUT2D eigenvalue weighted by Gasteiger charge is -2.40. The number of amides is 1. The van der Waals surface area contributed by atoms with E-state index >= 15 is 0 Å². The van der Waals surface area contributed by atoms with Gasteiger partial charge in [0.1, 0.15) is 0 Å². The van der Waals surface area contributed by atoms with Gasteiger partial charge in [0, 0.05) is 26.2 Å². The standard InChI is InChI=1S/C15H28N2O2/c1-12(13-5-6-13)17(9-10-19-3)14(18)15(2)7-4-8-16-11-15/h12-13,16H,4-11H2,1-3H3. The van der Waals surface area contributed by atoms with Crippen LogP contribution < -0.4 is 5.32 Å². The molecule has 110 valence electrons. The van der Waals surface area contributed by atoms with Gasteiger partial charge in [-0.3, -0.25) is 4.79 Å². The van der Waals surface area contributed by atoms with Crippen LogP contribution in [0, 0.1) is 11.3 Å². The first-order valence-electron chi connectivity index (χ1n) is 7.59. The number of hydrogen-bond donors (Lipinski definition) is 1. The second-order valence-corrected chi connectivity index (χ2v) is 6.41. The van der Waals surface area contributed by atoms with E-state index in [0.717, 1.165) is 32.5 Å². The Morgan fingerprint density at radius 2 is 2.26 bits per heavy atom. The molecule has 2 unspecified atom stereocenters. The maximum absolute atomic E-state index is 12.9. The summed E-state index contributed by atoms with van der Waals surface area (Å²) in [6.07, 6.45) is 4.64. The Morgan fingerprint density at radius 3 is 2.79 bits per heavy atom. The minimum atomic E-state index is -0.227. The van der Waals surface area contributed by atoms with E-state index in [2.05, 4.69) is 24.1 Å². The summed E-state index contributed by atoms with van der Waals surface area (Å²) in [5.41, 5.74) is -0.227. The summed E-state index contributed by atoms with van der Waals surface area (Å²) in [6, 6.07) is 0.362. The van der Waals surface area contributed by atoms with E-state index in [1.54, 1.807) is 7.11 Å². The second-order valence-electron chi connectivity index (χ2n) is 6.41. The number of carbonyl (C=O) groups is 1. The zero-order valence-corrected chi connectivity index (χ0v) is 12.6. The van der Waals surface area contributed by atoms with E-state index in [1.165, 1.54) is 12.8 Å². The third kappa shape index (κ3) is 3.48. The molecule has 0 radical (unpaired) electrons. The Hall–Kier alpha value is -0.610. The normalized spacial score (nSPS) is 29.0. The van der Waals surface area contributed by atoms with Gasteiger partial charge in [0.25, 0.3) is 0 Å². The number of ether oxygens (including phenoxy) is 1. The molecule has 2 fully saturated rings. The largest absolute Gasteiger partial charge is 0.383 e. The quantitative estimate of drug-likeness (QED) is 0.796. The first-order chi connectivity index (χ1) is 9.08. The van der Waals surface area contributed by atoms with Gasteiger partial charge < -0.3 is 15.0 Å². The van der Waals surface area contributed by atoms with Crippen molar-refractivity contribution in [1.29, 1.82) is 0 Å². The van der Waals surface area contributed by atoms with Gasteiger partial charge >= 0.3 is 0 Å². The van der Waals surface area contributed by atoms with Crippen molar-refractivity contribution in [3.05, 3.63) is 0 Å². The van der Waals surface area contributed by atoms with Gasteiger partial charge in [-0.25, -0.2) is 0 Å². The molecule has 1 amide bonds. The predicted octanol–water partition coefficient (Wildman–Crippen LogP) is 1.65. The highest BCUT2D eigenvalue weighted by Gasteiger charge is 2.42. The van der Waals surface area contributed by atoms with Crippen molar-refractivity contribution in [2.45, 2.75) is 45.6 Å². The fraction of sp³-hybridized carbons (Fsp3) is 0.933. The summed E-state index contributed by atoms with van der Waals surface area (Å²) in [4.78, 5) is 15.0. The molecule has 0 spiro atoms. The molecule has 0 aromatic rings. The highest BCUT2D eigenvalue weighted by Crippen LogP contribution is 2.37. The van der Waals surface area contributed by atoms with Crippen LogP contribution >= 0.6 is 0 Å².